The third-order valence-corrected chi connectivity index (χ3v) is 5.62. The van der Waals surface area contributed by atoms with Crippen LogP contribution in [0.5, 0.6) is 0 Å². The molecule has 1 aromatic heterocycles. The Morgan fingerprint density at radius 2 is 1.81 bits per heavy atom. The second-order valence-corrected chi connectivity index (χ2v) is 8.75. The number of fused-ring (bicyclic) bond motifs is 3. The molecule has 32 heavy (non-hydrogen) atoms. The molecule has 2 aliphatic rings. The van der Waals surface area contributed by atoms with E-state index >= 15 is 0 Å². The molecule has 0 saturated heterocycles. The molecule has 5 rings (SSSR count). The Bertz CT molecular complexity index is 1230. The van der Waals surface area contributed by atoms with E-state index in [0.717, 1.165) is 5.56 Å². The fraction of sp³-hybridized carbons (Fsp3) is 0.261. The summed E-state index contributed by atoms with van der Waals surface area (Å²) in [6.45, 7) is 5.10. The summed E-state index contributed by atoms with van der Waals surface area (Å²) >= 11 is 0. The van der Waals surface area contributed by atoms with E-state index < -0.39 is 0 Å². The zero-order chi connectivity index (χ0) is 22.6. The summed E-state index contributed by atoms with van der Waals surface area (Å²) in [6.07, 6.45) is 0. The predicted molar refractivity (Wildman–Crippen MR) is 123 cm³/mol. The Morgan fingerprint density at radius 1 is 1.12 bits per heavy atom. The lowest BCUT2D eigenvalue weighted by molar-refractivity contribution is 0.0866. The van der Waals surface area contributed by atoms with Crippen molar-refractivity contribution in [1.29, 1.82) is 0 Å². The van der Waals surface area contributed by atoms with E-state index in [4.69, 9.17) is 15.8 Å². The molecule has 164 valence electrons. The Morgan fingerprint density at radius 3 is 2.50 bits per heavy atom. The maximum absolute atomic E-state index is 13.4. The molecule has 0 spiro atoms. The molecule has 9 heteroatoms. The molecule has 0 fully saturated rings. The molecular weight excluding hydrogens is 409 g/mol. The smallest absolute Gasteiger partial charge is 0.267 e. The van der Waals surface area contributed by atoms with Gasteiger partial charge in [0.15, 0.2) is 5.82 Å². The Kier molecular flexibility index (Phi) is 4.44. The number of halogens is 1. The zero-order valence-corrected chi connectivity index (χ0v) is 18.1. The number of hydrogen-bond acceptors (Lipinski definition) is 6. The molecule has 2 aliphatic heterocycles. The zero-order valence-electron chi connectivity index (χ0n) is 18.1. The van der Waals surface area contributed by atoms with E-state index in [0.29, 0.717) is 47.6 Å². The van der Waals surface area contributed by atoms with E-state index in [2.05, 4.69) is 5.32 Å². The van der Waals surface area contributed by atoms with Crippen LogP contribution < -0.4 is 16.0 Å². The van der Waals surface area contributed by atoms with Crippen molar-refractivity contribution in [3.63, 3.8) is 0 Å². The molecule has 1 amide bonds. The first-order chi connectivity index (χ1) is 15.2. The molecule has 0 unspecified atom stereocenters. The van der Waals surface area contributed by atoms with Gasteiger partial charge in [-0.3, -0.25) is 14.6 Å². The summed E-state index contributed by atoms with van der Waals surface area (Å²) in [5.41, 5.74) is 8.27. The number of anilines is 4. The number of nitrogens with two attached hydrogens (primary N) is 1. The Hall–Kier alpha value is -3.88. The number of benzene rings is 2. The SMILES string of the molecule is CN1C(=O)c2c(nn(Cc3ccc(N)cc3)c2Nc2ccc(F)cc2)N2CC(C)(C)N=C12. The fourth-order valence-corrected chi connectivity index (χ4v) is 4.05. The number of aromatic nitrogens is 2. The van der Waals surface area contributed by atoms with Crippen LogP contribution in [0.1, 0.15) is 29.8 Å². The first kappa shape index (κ1) is 20.0. The van der Waals surface area contributed by atoms with E-state index in [1.165, 1.54) is 12.1 Å². The second-order valence-electron chi connectivity index (χ2n) is 8.75. The van der Waals surface area contributed by atoms with Crippen LogP contribution in [0.4, 0.5) is 27.4 Å². The monoisotopic (exact) mass is 433 g/mol. The van der Waals surface area contributed by atoms with Gasteiger partial charge in [-0.15, -0.1) is 0 Å². The summed E-state index contributed by atoms with van der Waals surface area (Å²) < 4.78 is 15.2. The van der Waals surface area contributed by atoms with Gasteiger partial charge in [0.25, 0.3) is 5.91 Å². The first-order valence-corrected chi connectivity index (χ1v) is 10.4. The molecular formula is C23H24FN7O. The molecule has 8 nitrogen and oxygen atoms in total. The minimum Gasteiger partial charge on any atom is -0.399 e. The maximum atomic E-state index is 13.4. The number of amides is 1. The van der Waals surface area contributed by atoms with Gasteiger partial charge in [0, 0.05) is 18.4 Å². The van der Waals surface area contributed by atoms with Crippen LogP contribution in [0.3, 0.4) is 0 Å². The standard InChI is InChI=1S/C23H24FN7O/c1-23(2)13-30-20-18(21(32)29(3)22(30)27-23)19(26-17-10-6-15(24)7-11-17)31(28-20)12-14-4-8-16(25)9-5-14/h4-11,26H,12-13,25H2,1-3H3. The highest BCUT2D eigenvalue weighted by molar-refractivity contribution is 6.20. The van der Waals surface area contributed by atoms with Crippen molar-refractivity contribution in [2.24, 2.45) is 4.99 Å². The summed E-state index contributed by atoms with van der Waals surface area (Å²) in [7, 11) is 1.72. The normalized spacial score (nSPS) is 16.6. The minimum absolute atomic E-state index is 0.194. The van der Waals surface area contributed by atoms with Gasteiger partial charge in [-0.2, -0.15) is 5.10 Å². The van der Waals surface area contributed by atoms with Gasteiger partial charge >= 0.3 is 0 Å². The average Bonchev–Trinajstić information content (AvgIpc) is 3.27. The number of aliphatic imine (C=N–C) groups is 1. The Balaban J connectivity index is 1.63. The van der Waals surface area contributed by atoms with E-state index in [1.807, 2.05) is 43.0 Å². The molecule has 2 aromatic carbocycles. The lowest BCUT2D eigenvalue weighted by Gasteiger charge is -2.30. The molecule has 3 N–H and O–H groups in total. The van der Waals surface area contributed by atoms with Crippen molar-refractivity contribution in [3.05, 3.63) is 65.5 Å². The van der Waals surface area contributed by atoms with Crippen LogP contribution in [0.15, 0.2) is 53.5 Å². The number of guanidine groups is 1. The summed E-state index contributed by atoms with van der Waals surface area (Å²) in [4.78, 5) is 21.7. The van der Waals surface area contributed by atoms with Crippen LogP contribution in [0.25, 0.3) is 0 Å². The summed E-state index contributed by atoms with van der Waals surface area (Å²) in [5, 5.41) is 8.11. The highest BCUT2D eigenvalue weighted by atomic mass is 19.1. The van der Waals surface area contributed by atoms with Crippen LogP contribution >= 0.6 is 0 Å². The number of nitrogens with one attached hydrogen (secondary N) is 1. The minimum atomic E-state index is -0.337. The predicted octanol–water partition coefficient (Wildman–Crippen LogP) is 3.44. The molecule has 0 saturated carbocycles. The number of rotatable bonds is 4. The third kappa shape index (κ3) is 3.35. The lowest BCUT2D eigenvalue weighted by atomic mass is 10.1. The van der Waals surface area contributed by atoms with Crippen molar-refractivity contribution in [2.45, 2.75) is 25.9 Å². The Labute approximate surface area is 185 Å². The van der Waals surface area contributed by atoms with Gasteiger partial charge in [0.1, 0.15) is 17.2 Å². The van der Waals surface area contributed by atoms with E-state index in [1.54, 1.807) is 28.8 Å². The van der Waals surface area contributed by atoms with Crippen LogP contribution in [-0.2, 0) is 6.54 Å². The van der Waals surface area contributed by atoms with Crippen LogP contribution in [-0.4, -0.2) is 45.7 Å². The van der Waals surface area contributed by atoms with Crippen molar-refractivity contribution in [1.82, 2.24) is 14.7 Å². The molecule has 0 bridgehead atoms. The number of carbonyl (C=O) groups excluding carboxylic acids is 1. The number of nitrogens with zero attached hydrogens (tertiary/aromatic N) is 5. The summed E-state index contributed by atoms with van der Waals surface area (Å²) in [5.74, 6) is 1.18. The molecule has 3 heterocycles. The third-order valence-electron chi connectivity index (χ3n) is 5.62. The average molecular weight is 433 g/mol. The van der Waals surface area contributed by atoms with Gasteiger partial charge in [-0.25, -0.2) is 14.1 Å². The van der Waals surface area contributed by atoms with Crippen LogP contribution in [0.2, 0.25) is 0 Å². The van der Waals surface area contributed by atoms with Gasteiger partial charge in [-0.05, 0) is 55.8 Å². The topological polar surface area (TPSA) is 91.8 Å². The quantitative estimate of drug-likeness (QED) is 0.615. The van der Waals surface area contributed by atoms with Gasteiger partial charge in [0.2, 0.25) is 5.96 Å². The van der Waals surface area contributed by atoms with Gasteiger partial charge < -0.3 is 11.1 Å². The first-order valence-electron chi connectivity index (χ1n) is 10.4. The summed E-state index contributed by atoms with van der Waals surface area (Å²) in [6, 6.07) is 13.5. The second kappa shape index (κ2) is 7.08. The molecule has 0 aliphatic carbocycles. The highest BCUT2D eigenvalue weighted by Crippen LogP contribution is 2.38. The van der Waals surface area contributed by atoms with Crippen molar-refractivity contribution in [3.8, 4) is 0 Å². The largest absolute Gasteiger partial charge is 0.399 e. The van der Waals surface area contributed by atoms with Crippen LogP contribution in [0, 0.1) is 5.82 Å². The van der Waals surface area contributed by atoms with Crippen molar-refractivity contribution < 1.29 is 9.18 Å². The number of carbonyl (C=O) groups is 1. The lowest BCUT2D eigenvalue weighted by Crippen LogP contribution is -2.48. The van der Waals surface area contributed by atoms with Gasteiger partial charge in [0.05, 0.1) is 18.6 Å². The highest BCUT2D eigenvalue weighted by Gasteiger charge is 2.45. The number of nitrogen functional groups attached to an aromatic ring is 1. The molecule has 0 atom stereocenters. The van der Waals surface area contributed by atoms with Crippen molar-refractivity contribution in [2.75, 3.05) is 29.5 Å². The molecule has 3 aromatic rings. The number of hydrogen-bond donors (Lipinski definition) is 2. The maximum Gasteiger partial charge on any atom is 0.267 e. The fourth-order valence-electron chi connectivity index (χ4n) is 4.05. The molecule has 0 radical (unpaired) electrons. The van der Waals surface area contributed by atoms with E-state index in [-0.39, 0.29) is 17.3 Å². The van der Waals surface area contributed by atoms with Gasteiger partial charge in [-0.1, -0.05) is 12.1 Å². The van der Waals surface area contributed by atoms with E-state index in [9.17, 15) is 9.18 Å². The van der Waals surface area contributed by atoms with Crippen molar-refractivity contribution >= 4 is 34.9 Å².